The van der Waals surface area contributed by atoms with Crippen LogP contribution in [0, 0.1) is 0 Å². The van der Waals surface area contributed by atoms with Crippen LogP contribution in [-0.2, 0) is 4.74 Å². The molecule has 0 bridgehead atoms. The Labute approximate surface area is 168 Å². The molecule has 1 fully saturated rings. The summed E-state index contributed by atoms with van der Waals surface area (Å²) in [5, 5.41) is 0. The molecule has 1 aliphatic rings. The summed E-state index contributed by atoms with van der Waals surface area (Å²) in [7, 11) is 1.73. The third-order valence-electron chi connectivity index (χ3n) is 5.36. The Kier molecular flexibility index (Phi) is 7.49. The number of benzene rings is 2. The van der Waals surface area contributed by atoms with E-state index in [2.05, 4.69) is 11.0 Å². The number of hydrogen-bond donors (Lipinski definition) is 0. The van der Waals surface area contributed by atoms with E-state index in [4.69, 9.17) is 9.47 Å². The van der Waals surface area contributed by atoms with E-state index in [1.165, 1.54) is 6.42 Å². The van der Waals surface area contributed by atoms with Gasteiger partial charge in [-0.05, 0) is 74.4 Å². The molecule has 2 aromatic carbocycles. The van der Waals surface area contributed by atoms with Crippen molar-refractivity contribution in [1.29, 1.82) is 0 Å². The van der Waals surface area contributed by atoms with Crippen LogP contribution in [0.2, 0.25) is 0 Å². The monoisotopic (exact) mass is 381 g/mol. The average Bonchev–Trinajstić information content (AvgIpc) is 2.74. The molecule has 28 heavy (non-hydrogen) atoms. The summed E-state index contributed by atoms with van der Waals surface area (Å²) in [6.07, 6.45) is 5.38. The van der Waals surface area contributed by atoms with Gasteiger partial charge >= 0.3 is 0 Å². The van der Waals surface area contributed by atoms with Crippen molar-refractivity contribution in [3.05, 3.63) is 54.1 Å². The Bertz CT molecular complexity index is 774. The van der Waals surface area contributed by atoms with Crippen LogP contribution in [0.25, 0.3) is 11.1 Å². The molecule has 1 heterocycles. The fraction of sp³-hybridized carbons (Fsp3) is 0.458. The second-order valence-electron chi connectivity index (χ2n) is 7.32. The number of nitrogens with zero attached hydrogens (tertiary/aromatic N) is 1. The van der Waals surface area contributed by atoms with E-state index in [1.54, 1.807) is 7.11 Å². The van der Waals surface area contributed by atoms with Gasteiger partial charge in [-0.3, -0.25) is 4.79 Å². The second kappa shape index (κ2) is 10.3. The number of hydrogen-bond acceptors (Lipinski definition) is 3. The van der Waals surface area contributed by atoms with Crippen LogP contribution in [0.5, 0.6) is 5.75 Å². The standard InChI is InChI=1S/C24H31NO3/c1-3-28-23-14-7-10-20(18-23)19-9-6-11-21(17-19)24(26)25-15-5-4-12-22(25)13-8-16-27-2/h6-7,9-11,14,17-18,22H,3-5,8,12-13,15-16H2,1-2H3/t22-/m1/s1. The lowest BCUT2D eigenvalue weighted by Gasteiger charge is -2.36. The van der Waals surface area contributed by atoms with E-state index < -0.39 is 0 Å². The quantitative estimate of drug-likeness (QED) is 0.592. The van der Waals surface area contributed by atoms with Crippen molar-refractivity contribution in [2.24, 2.45) is 0 Å². The normalized spacial score (nSPS) is 16.8. The molecule has 2 aromatic rings. The Morgan fingerprint density at radius 1 is 1.11 bits per heavy atom. The molecule has 1 atom stereocenters. The molecule has 0 unspecified atom stereocenters. The first-order chi connectivity index (χ1) is 13.7. The maximum absolute atomic E-state index is 13.3. The van der Waals surface area contributed by atoms with Crippen LogP contribution >= 0.6 is 0 Å². The Morgan fingerprint density at radius 2 is 1.89 bits per heavy atom. The van der Waals surface area contributed by atoms with Gasteiger partial charge in [-0.2, -0.15) is 0 Å². The SMILES string of the molecule is CCOc1cccc(-c2cccc(C(=O)N3CCCC[C@@H]3CCCOC)c2)c1. The van der Waals surface area contributed by atoms with Gasteiger partial charge < -0.3 is 14.4 Å². The van der Waals surface area contributed by atoms with Crippen molar-refractivity contribution in [1.82, 2.24) is 4.90 Å². The predicted octanol–water partition coefficient (Wildman–Crippen LogP) is 5.17. The van der Waals surface area contributed by atoms with Gasteiger partial charge in [-0.1, -0.05) is 24.3 Å². The van der Waals surface area contributed by atoms with Crippen molar-refractivity contribution < 1.29 is 14.3 Å². The van der Waals surface area contributed by atoms with Gasteiger partial charge in [0.15, 0.2) is 0 Å². The molecule has 0 radical (unpaired) electrons. The average molecular weight is 382 g/mol. The van der Waals surface area contributed by atoms with Gasteiger partial charge in [0.25, 0.3) is 5.91 Å². The molecule has 3 rings (SSSR count). The summed E-state index contributed by atoms with van der Waals surface area (Å²) >= 11 is 0. The first-order valence-electron chi connectivity index (χ1n) is 10.4. The topological polar surface area (TPSA) is 38.8 Å². The molecule has 1 amide bonds. The molecule has 0 N–H and O–H groups in total. The lowest BCUT2D eigenvalue weighted by atomic mass is 9.96. The summed E-state index contributed by atoms with van der Waals surface area (Å²) in [5.41, 5.74) is 2.87. The summed E-state index contributed by atoms with van der Waals surface area (Å²) in [6.45, 7) is 4.22. The number of likely N-dealkylation sites (tertiary alicyclic amines) is 1. The molecule has 150 valence electrons. The molecular weight excluding hydrogens is 350 g/mol. The van der Waals surface area contributed by atoms with E-state index >= 15 is 0 Å². The molecular formula is C24H31NO3. The maximum atomic E-state index is 13.3. The largest absolute Gasteiger partial charge is 0.494 e. The van der Waals surface area contributed by atoms with Crippen molar-refractivity contribution in [3.8, 4) is 16.9 Å². The van der Waals surface area contributed by atoms with E-state index in [9.17, 15) is 4.79 Å². The highest BCUT2D eigenvalue weighted by Gasteiger charge is 2.27. The zero-order valence-electron chi connectivity index (χ0n) is 17.0. The van der Waals surface area contributed by atoms with Crippen molar-refractivity contribution in [2.45, 2.75) is 45.1 Å². The number of rotatable bonds is 8. The van der Waals surface area contributed by atoms with Gasteiger partial charge in [0.05, 0.1) is 6.61 Å². The molecule has 0 saturated carbocycles. The van der Waals surface area contributed by atoms with Gasteiger partial charge in [0, 0.05) is 31.9 Å². The minimum Gasteiger partial charge on any atom is -0.494 e. The highest BCUT2D eigenvalue weighted by atomic mass is 16.5. The molecule has 1 aliphatic heterocycles. The van der Waals surface area contributed by atoms with Crippen molar-refractivity contribution in [2.75, 3.05) is 26.9 Å². The van der Waals surface area contributed by atoms with Gasteiger partial charge in [-0.15, -0.1) is 0 Å². The van der Waals surface area contributed by atoms with E-state index in [0.717, 1.165) is 61.3 Å². The van der Waals surface area contributed by atoms with Gasteiger partial charge in [-0.25, -0.2) is 0 Å². The lowest BCUT2D eigenvalue weighted by Crippen LogP contribution is -2.43. The molecule has 4 heteroatoms. The number of carbonyl (C=O) groups is 1. The zero-order chi connectivity index (χ0) is 19.8. The lowest BCUT2D eigenvalue weighted by molar-refractivity contribution is 0.0585. The van der Waals surface area contributed by atoms with Crippen LogP contribution in [0.15, 0.2) is 48.5 Å². The number of carbonyl (C=O) groups excluding carboxylic acids is 1. The predicted molar refractivity (Wildman–Crippen MR) is 113 cm³/mol. The Balaban J connectivity index is 1.78. The number of amides is 1. The molecule has 0 spiro atoms. The van der Waals surface area contributed by atoms with Crippen LogP contribution in [0.3, 0.4) is 0 Å². The molecule has 0 aliphatic carbocycles. The van der Waals surface area contributed by atoms with Crippen LogP contribution in [-0.4, -0.2) is 43.7 Å². The van der Waals surface area contributed by atoms with Gasteiger partial charge in [0.2, 0.25) is 0 Å². The van der Waals surface area contributed by atoms with E-state index in [-0.39, 0.29) is 5.91 Å². The van der Waals surface area contributed by atoms with E-state index in [1.807, 2.05) is 49.4 Å². The first-order valence-corrected chi connectivity index (χ1v) is 10.4. The Morgan fingerprint density at radius 3 is 2.68 bits per heavy atom. The summed E-state index contributed by atoms with van der Waals surface area (Å²) in [5.74, 6) is 0.996. The van der Waals surface area contributed by atoms with Gasteiger partial charge in [0.1, 0.15) is 5.75 Å². The van der Waals surface area contributed by atoms with Crippen LogP contribution in [0.4, 0.5) is 0 Å². The smallest absolute Gasteiger partial charge is 0.254 e. The third kappa shape index (κ3) is 5.14. The highest BCUT2D eigenvalue weighted by Crippen LogP contribution is 2.27. The summed E-state index contributed by atoms with van der Waals surface area (Å²) in [4.78, 5) is 15.3. The fourth-order valence-electron chi connectivity index (χ4n) is 3.96. The van der Waals surface area contributed by atoms with E-state index in [0.29, 0.717) is 12.6 Å². The minimum absolute atomic E-state index is 0.143. The summed E-state index contributed by atoms with van der Waals surface area (Å²) in [6, 6.07) is 16.3. The third-order valence-corrected chi connectivity index (χ3v) is 5.36. The van der Waals surface area contributed by atoms with Crippen molar-refractivity contribution >= 4 is 5.91 Å². The minimum atomic E-state index is 0.143. The van der Waals surface area contributed by atoms with Crippen LogP contribution in [0.1, 0.15) is 49.4 Å². The zero-order valence-corrected chi connectivity index (χ0v) is 17.0. The number of methoxy groups -OCH3 is 1. The first kappa shape index (κ1) is 20.4. The number of piperidine rings is 1. The Hall–Kier alpha value is -2.33. The van der Waals surface area contributed by atoms with Crippen molar-refractivity contribution in [3.63, 3.8) is 0 Å². The number of ether oxygens (including phenoxy) is 2. The molecule has 1 saturated heterocycles. The summed E-state index contributed by atoms with van der Waals surface area (Å²) < 4.78 is 10.8. The highest BCUT2D eigenvalue weighted by molar-refractivity contribution is 5.95. The molecule has 0 aromatic heterocycles. The molecule has 4 nitrogen and oxygen atoms in total. The van der Waals surface area contributed by atoms with Crippen LogP contribution < -0.4 is 4.74 Å². The fourth-order valence-corrected chi connectivity index (χ4v) is 3.96. The second-order valence-corrected chi connectivity index (χ2v) is 7.32. The maximum Gasteiger partial charge on any atom is 0.254 e.